The van der Waals surface area contributed by atoms with Crippen molar-refractivity contribution in [3.8, 4) is 11.5 Å². The molecule has 1 amide bonds. The fourth-order valence-electron chi connectivity index (χ4n) is 2.24. The van der Waals surface area contributed by atoms with Crippen molar-refractivity contribution in [3.63, 3.8) is 0 Å². The van der Waals surface area contributed by atoms with Crippen molar-refractivity contribution in [3.05, 3.63) is 59.7 Å². The lowest BCUT2D eigenvalue weighted by molar-refractivity contribution is -0.119. The first-order chi connectivity index (χ1) is 11.6. The lowest BCUT2D eigenvalue weighted by Crippen LogP contribution is -3.00. The van der Waals surface area contributed by atoms with Crippen molar-refractivity contribution in [2.45, 2.75) is 12.6 Å². The Morgan fingerprint density at radius 1 is 1.20 bits per heavy atom. The van der Waals surface area contributed by atoms with Gasteiger partial charge in [0.2, 0.25) is 0 Å². The van der Waals surface area contributed by atoms with Gasteiger partial charge in [0, 0.05) is 13.1 Å². The van der Waals surface area contributed by atoms with Crippen LogP contribution in [0.3, 0.4) is 0 Å². The molecular weight excluding hydrogens is 344 g/mol. The maximum Gasteiger partial charge on any atom is 0.255 e. The van der Waals surface area contributed by atoms with E-state index in [0.29, 0.717) is 24.6 Å². The van der Waals surface area contributed by atoms with Crippen LogP contribution in [-0.2, 0) is 11.3 Å². The van der Waals surface area contributed by atoms with Gasteiger partial charge < -0.3 is 38.0 Å². The molecule has 2 aromatic carbocycles. The highest BCUT2D eigenvalue weighted by atomic mass is 35.5. The molecule has 0 heterocycles. The van der Waals surface area contributed by atoms with Gasteiger partial charge in [0.25, 0.3) is 5.91 Å². The number of primary amides is 1. The summed E-state index contributed by atoms with van der Waals surface area (Å²) in [6.07, 6.45) is -0.564. The van der Waals surface area contributed by atoms with Crippen molar-refractivity contribution in [2.24, 2.45) is 5.73 Å². The van der Waals surface area contributed by atoms with E-state index in [2.05, 4.69) is 5.32 Å². The van der Waals surface area contributed by atoms with E-state index in [0.717, 1.165) is 11.1 Å². The van der Waals surface area contributed by atoms with Gasteiger partial charge >= 0.3 is 0 Å². The molecule has 0 aliphatic rings. The molecule has 0 spiro atoms. The first-order valence-electron chi connectivity index (χ1n) is 7.62. The first-order valence-corrected chi connectivity index (χ1v) is 7.62. The van der Waals surface area contributed by atoms with Gasteiger partial charge in [-0.1, -0.05) is 36.4 Å². The summed E-state index contributed by atoms with van der Waals surface area (Å²) in [5.41, 5.74) is 6.91. The molecule has 0 aliphatic carbocycles. The molecule has 136 valence electrons. The van der Waals surface area contributed by atoms with Crippen LogP contribution in [0.1, 0.15) is 17.2 Å². The molecule has 2 rings (SSSR count). The second-order valence-electron chi connectivity index (χ2n) is 5.30. The van der Waals surface area contributed by atoms with E-state index in [9.17, 15) is 9.90 Å². The SMILES string of the molecule is COc1cc(CNCC(O)c2ccccc2)ccc1OCC(N)=O.[Cl-]. The number of hydrogen-bond acceptors (Lipinski definition) is 5. The zero-order chi connectivity index (χ0) is 17.4. The van der Waals surface area contributed by atoms with Crippen molar-refractivity contribution in [1.29, 1.82) is 0 Å². The second-order valence-corrected chi connectivity index (χ2v) is 5.30. The third-order valence-electron chi connectivity index (χ3n) is 3.45. The summed E-state index contributed by atoms with van der Waals surface area (Å²) >= 11 is 0. The molecule has 0 aromatic heterocycles. The quantitative estimate of drug-likeness (QED) is 0.497. The van der Waals surface area contributed by atoms with E-state index in [1.54, 1.807) is 6.07 Å². The van der Waals surface area contributed by atoms with Crippen molar-refractivity contribution in [1.82, 2.24) is 5.32 Å². The second kappa shape index (κ2) is 10.6. The molecule has 1 atom stereocenters. The Morgan fingerprint density at radius 3 is 2.56 bits per heavy atom. The molecule has 0 aliphatic heterocycles. The number of halogens is 1. The predicted molar refractivity (Wildman–Crippen MR) is 90.8 cm³/mol. The van der Waals surface area contributed by atoms with Crippen LogP contribution in [-0.4, -0.2) is 31.3 Å². The lowest BCUT2D eigenvalue weighted by atomic mass is 10.1. The molecule has 7 heteroatoms. The van der Waals surface area contributed by atoms with Crippen molar-refractivity contribution in [2.75, 3.05) is 20.3 Å². The summed E-state index contributed by atoms with van der Waals surface area (Å²) in [6, 6.07) is 14.9. The van der Waals surface area contributed by atoms with Gasteiger partial charge in [-0.3, -0.25) is 4.79 Å². The number of nitrogens with two attached hydrogens (primary N) is 1. The van der Waals surface area contributed by atoms with Gasteiger partial charge in [0.1, 0.15) is 0 Å². The normalized spacial score (nSPS) is 11.3. The highest BCUT2D eigenvalue weighted by molar-refractivity contribution is 5.75. The van der Waals surface area contributed by atoms with Gasteiger partial charge in [-0.05, 0) is 23.3 Å². The molecule has 0 radical (unpaired) electrons. The molecule has 2 aromatic rings. The Labute approximate surface area is 153 Å². The van der Waals surface area contributed by atoms with Crippen LogP contribution in [0.25, 0.3) is 0 Å². The van der Waals surface area contributed by atoms with Crippen molar-refractivity contribution >= 4 is 5.91 Å². The topological polar surface area (TPSA) is 93.8 Å². The average molecular weight is 366 g/mol. The molecule has 6 nitrogen and oxygen atoms in total. The number of rotatable bonds is 9. The molecule has 0 bridgehead atoms. The molecule has 0 fully saturated rings. The zero-order valence-corrected chi connectivity index (χ0v) is 14.7. The third-order valence-corrected chi connectivity index (χ3v) is 3.45. The maximum atomic E-state index is 10.8. The standard InChI is InChI=1S/C18H22N2O4.ClH/c1-23-17-9-13(7-8-16(17)24-12-18(19)22)10-20-11-15(21)14-5-3-2-4-6-14;/h2-9,15,20-21H,10-12H2,1H3,(H2,19,22);1H/p-1. The summed E-state index contributed by atoms with van der Waals surface area (Å²) in [5.74, 6) is 0.446. The van der Waals surface area contributed by atoms with Gasteiger partial charge in [0.05, 0.1) is 13.2 Å². The highest BCUT2D eigenvalue weighted by Gasteiger charge is 2.09. The monoisotopic (exact) mass is 365 g/mol. The number of carbonyl (C=O) groups excluding carboxylic acids is 1. The van der Waals surface area contributed by atoms with E-state index in [4.69, 9.17) is 15.2 Å². The van der Waals surface area contributed by atoms with Gasteiger partial charge in [0.15, 0.2) is 18.1 Å². The number of aliphatic hydroxyl groups excluding tert-OH is 1. The van der Waals surface area contributed by atoms with Crippen LogP contribution < -0.4 is 32.9 Å². The summed E-state index contributed by atoms with van der Waals surface area (Å²) in [7, 11) is 1.53. The Kier molecular flexibility index (Phi) is 8.77. The van der Waals surface area contributed by atoms with Crippen LogP contribution in [0.15, 0.2) is 48.5 Å². The predicted octanol–water partition coefficient (Wildman–Crippen LogP) is -1.61. The summed E-state index contributed by atoms with van der Waals surface area (Å²) in [4.78, 5) is 10.8. The number of nitrogens with one attached hydrogen (secondary N) is 1. The smallest absolute Gasteiger partial charge is 0.255 e. The Morgan fingerprint density at radius 2 is 1.92 bits per heavy atom. The van der Waals surface area contributed by atoms with E-state index < -0.39 is 12.0 Å². The number of methoxy groups -OCH3 is 1. The number of aliphatic hydroxyl groups is 1. The molecule has 25 heavy (non-hydrogen) atoms. The lowest BCUT2D eigenvalue weighted by Gasteiger charge is -2.14. The summed E-state index contributed by atoms with van der Waals surface area (Å²) in [6.45, 7) is 0.805. The first kappa shape index (κ1) is 20.8. The van der Waals surface area contributed by atoms with E-state index in [1.165, 1.54) is 7.11 Å². The van der Waals surface area contributed by atoms with Crippen molar-refractivity contribution < 1.29 is 31.8 Å². The zero-order valence-electron chi connectivity index (χ0n) is 13.9. The Bertz CT molecular complexity index is 667. The summed E-state index contributed by atoms with van der Waals surface area (Å²) < 4.78 is 10.5. The fourth-order valence-corrected chi connectivity index (χ4v) is 2.24. The van der Waals surface area contributed by atoms with E-state index in [1.807, 2.05) is 42.5 Å². The molecular formula is C18H22ClN2O4-. The van der Waals surface area contributed by atoms with Crippen LogP contribution in [0, 0.1) is 0 Å². The number of benzene rings is 2. The molecule has 0 saturated heterocycles. The van der Waals surface area contributed by atoms with Gasteiger partial charge in [-0.25, -0.2) is 0 Å². The molecule has 0 saturated carbocycles. The molecule has 1 unspecified atom stereocenters. The number of hydrogen-bond donors (Lipinski definition) is 3. The minimum Gasteiger partial charge on any atom is -1.00 e. The minimum atomic E-state index is -0.564. The number of amides is 1. The van der Waals surface area contributed by atoms with Gasteiger partial charge in [-0.2, -0.15) is 0 Å². The largest absolute Gasteiger partial charge is 1.00 e. The minimum absolute atomic E-state index is 0. The third kappa shape index (κ3) is 6.62. The fraction of sp³-hybridized carbons (Fsp3) is 0.278. The molecule has 4 N–H and O–H groups in total. The van der Waals surface area contributed by atoms with E-state index >= 15 is 0 Å². The van der Waals surface area contributed by atoms with Crippen LogP contribution in [0.5, 0.6) is 11.5 Å². The van der Waals surface area contributed by atoms with E-state index in [-0.39, 0.29) is 19.0 Å². The summed E-state index contributed by atoms with van der Waals surface area (Å²) in [5, 5.41) is 13.3. The maximum absolute atomic E-state index is 10.8. The Balaban J connectivity index is 0.00000312. The van der Waals surface area contributed by atoms with Crippen LogP contribution in [0.4, 0.5) is 0 Å². The highest BCUT2D eigenvalue weighted by Crippen LogP contribution is 2.28. The number of ether oxygens (including phenoxy) is 2. The van der Waals surface area contributed by atoms with Crippen LogP contribution >= 0.6 is 0 Å². The van der Waals surface area contributed by atoms with Gasteiger partial charge in [-0.15, -0.1) is 0 Å². The number of carbonyl (C=O) groups is 1. The van der Waals surface area contributed by atoms with Crippen LogP contribution in [0.2, 0.25) is 0 Å². The average Bonchev–Trinajstić information content (AvgIpc) is 2.61. The Hall–Kier alpha value is -2.28.